The van der Waals surface area contributed by atoms with Crippen LogP contribution in [0, 0.1) is 0 Å². The van der Waals surface area contributed by atoms with Crippen LogP contribution in [0.1, 0.15) is 20.8 Å². The first-order valence-electron chi connectivity index (χ1n) is 8.72. The Morgan fingerprint density at radius 3 is 1.55 bits per heavy atom. The average Bonchev–Trinajstić information content (AvgIpc) is 2.68. The molecule has 190 valence electrons. The second-order valence-corrected chi connectivity index (χ2v) is 7.18. The Hall–Kier alpha value is -2.87. The van der Waals surface area contributed by atoms with Crippen LogP contribution in [-0.4, -0.2) is 67.6 Å². The van der Waals surface area contributed by atoms with Crippen molar-refractivity contribution >= 4 is 18.0 Å². The van der Waals surface area contributed by atoms with E-state index < -0.39 is 67.6 Å². The Morgan fingerprint density at radius 1 is 0.818 bits per heavy atom. The Balaban J connectivity index is 5.42. The first kappa shape index (κ1) is 30.1. The summed E-state index contributed by atoms with van der Waals surface area (Å²) in [5.41, 5.74) is -2.10. The van der Waals surface area contributed by atoms with Crippen LogP contribution in [0.15, 0.2) is 24.3 Å². The maximum Gasteiger partial charge on any atom is 0.408 e. The van der Waals surface area contributed by atoms with E-state index in [9.17, 15) is 49.5 Å². The number of ether oxygens (including phenoxy) is 3. The summed E-state index contributed by atoms with van der Waals surface area (Å²) in [5, 5.41) is 1.78. The number of carbonyl (C=O) groups excluding carboxylic acids is 3. The summed E-state index contributed by atoms with van der Waals surface area (Å²) in [6.07, 6.45) is -7.08. The van der Waals surface area contributed by atoms with Crippen molar-refractivity contribution in [2.24, 2.45) is 0 Å². The van der Waals surface area contributed by atoms with Crippen molar-refractivity contribution in [3.63, 3.8) is 0 Å². The van der Waals surface area contributed by atoms with Crippen LogP contribution in [-0.2, 0) is 23.8 Å². The maximum absolute atomic E-state index is 13.5. The summed E-state index contributed by atoms with van der Waals surface area (Å²) in [4.78, 5) is 34.9. The van der Waals surface area contributed by atoms with Crippen molar-refractivity contribution in [1.82, 2.24) is 5.32 Å². The number of halogens is 8. The summed E-state index contributed by atoms with van der Waals surface area (Å²) >= 11 is 0. The second kappa shape index (κ2) is 10.8. The smallest absolute Gasteiger partial charge is 0.408 e. The predicted octanol–water partition coefficient (Wildman–Crippen LogP) is 3.88. The molecule has 0 aromatic heterocycles. The van der Waals surface area contributed by atoms with E-state index >= 15 is 0 Å². The number of hydrogen-bond acceptors (Lipinski definition) is 6. The van der Waals surface area contributed by atoms with Crippen molar-refractivity contribution < 1.29 is 63.7 Å². The highest BCUT2D eigenvalue weighted by Gasteiger charge is 2.75. The Kier molecular flexibility index (Phi) is 9.89. The summed E-state index contributed by atoms with van der Waals surface area (Å²) in [5.74, 6) is -20.9. The van der Waals surface area contributed by atoms with Gasteiger partial charge in [0.2, 0.25) is 0 Å². The molecule has 0 aromatic carbocycles. The van der Waals surface area contributed by atoms with Gasteiger partial charge in [0.15, 0.2) is 6.61 Å². The van der Waals surface area contributed by atoms with Crippen LogP contribution in [0.2, 0.25) is 0 Å². The van der Waals surface area contributed by atoms with Crippen molar-refractivity contribution in [1.29, 1.82) is 0 Å². The molecule has 0 radical (unpaired) electrons. The minimum Gasteiger partial charge on any atom is -0.460 e. The Labute approximate surface area is 182 Å². The predicted molar refractivity (Wildman–Crippen MR) is 95.3 cm³/mol. The monoisotopic (exact) mass is 499 g/mol. The lowest BCUT2D eigenvalue weighted by molar-refractivity contribution is -0.343. The first-order chi connectivity index (χ1) is 14.7. The third-order valence-electron chi connectivity index (χ3n) is 3.68. The molecule has 0 heterocycles. The molecule has 0 bridgehead atoms. The van der Waals surface area contributed by atoms with Crippen LogP contribution < -0.4 is 5.32 Å². The molecule has 33 heavy (non-hydrogen) atoms. The van der Waals surface area contributed by atoms with Crippen molar-refractivity contribution in [2.75, 3.05) is 19.8 Å². The molecule has 0 saturated carbocycles. The largest absolute Gasteiger partial charge is 0.460 e. The molecule has 1 N–H and O–H groups in total. The van der Waals surface area contributed by atoms with Gasteiger partial charge < -0.3 is 19.5 Å². The molecular formula is C18H21F8NO6. The fourth-order valence-electron chi connectivity index (χ4n) is 1.72. The third kappa shape index (κ3) is 7.89. The summed E-state index contributed by atoms with van der Waals surface area (Å²) < 4.78 is 117. The van der Waals surface area contributed by atoms with Crippen LogP contribution >= 0.6 is 0 Å². The zero-order chi connectivity index (χ0) is 26.4. The van der Waals surface area contributed by atoms with E-state index in [4.69, 9.17) is 9.47 Å². The van der Waals surface area contributed by atoms with E-state index in [-0.39, 0.29) is 11.1 Å². The van der Waals surface area contributed by atoms with E-state index in [1.54, 1.807) is 5.32 Å². The first-order valence-corrected chi connectivity index (χ1v) is 8.72. The highest BCUT2D eigenvalue weighted by atomic mass is 19.4. The third-order valence-corrected chi connectivity index (χ3v) is 3.68. The van der Waals surface area contributed by atoms with Gasteiger partial charge in [0.05, 0.1) is 0 Å². The number of alkyl carbamates (subject to hydrolysis) is 1. The lowest BCUT2D eigenvalue weighted by Crippen LogP contribution is -2.60. The SMILES string of the molecule is C=C(C)C(=O)OCC(C)(COC(=O)C(=C)C)NC(=O)OCC(F)(F)C(F)(F)C(F)(F)C(F)F. The second-order valence-electron chi connectivity index (χ2n) is 7.18. The molecule has 15 heteroatoms. The van der Waals surface area contributed by atoms with Gasteiger partial charge in [-0.3, -0.25) is 0 Å². The Morgan fingerprint density at radius 2 is 1.21 bits per heavy atom. The molecule has 1 amide bonds. The molecule has 0 unspecified atom stereocenters. The van der Waals surface area contributed by atoms with E-state index in [0.29, 0.717) is 0 Å². The molecule has 0 aliphatic rings. The van der Waals surface area contributed by atoms with Crippen LogP contribution in [0.5, 0.6) is 0 Å². The van der Waals surface area contributed by atoms with E-state index in [1.165, 1.54) is 13.8 Å². The number of esters is 2. The van der Waals surface area contributed by atoms with Crippen LogP contribution in [0.3, 0.4) is 0 Å². The highest BCUT2D eigenvalue weighted by Crippen LogP contribution is 2.48. The molecule has 0 saturated heterocycles. The number of rotatable bonds is 12. The van der Waals surface area contributed by atoms with Gasteiger partial charge in [-0.15, -0.1) is 0 Å². The lowest BCUT2D eigenvalue weighted by Gasteiger charge is -2.32. The minimum atomic E-state index is -6.58. The molecule has 0 fully saturated rings. The topological polar surface area (TPSA) is 90.9 Å². The summed E-state index contributed by atoms with van der Waals surface area (Å²) in [6.45, 7) is 5.80. The van der Waals surface area contributed by atoms with Crippen molar-refractivity contribution in [2.45, 2.75) is 50.5 Å². The molecule has 0 rings (SSSR count). The molecule has 0 aromatic rings. The van der Waals surface area contributed by atoms with E-state index in [2.05, 4.69) is 17.9 Å². The number of carbonyl (C=O) groups is 3. The number of alkyl halides is 8. The number of amides is 1. The average molecular weight is 499 g/mol. The number of nitrogens with one attached hydrogen (secondary N) is 1. The molecule has 0 atom stereocenters. The number of hydrogen-bond donors (Lipinski definition) is 1. The molecule has 0 aliphatic heterocycles. The van der Waals surface area contributed by atoms with Gasteiger partial charge in [-0.1, -0.05) is 13.2 Å². The zero-order valence-electron chi connectivity index (χ0n) is 17.6. The molecule has 0 spiro atoms. The van der Waals surface area contributed by atoms with Gasteiger partial charge in [-0.25, -0.2) is 23.2 Å². The van der Waals surface area contributed by atoms with Gasteiger partial charge in [-0.05, 0) is 20.8 Å². The fourth-order valence-corrected chi connectivity index (χ4v) is 1.72. The maximum atomic E-state index is 13.5. The lowest BCUT2D eigenvalue weighted by atomic mass is 10.1. The Bertz CT molecular complexity index is 754. The van der Waals surface area contributed by atoms with E-state index in [1.807, 2.05) is 0 Å². The van der Waals surface area contributed by atoms with E-state index in [0.717, 1.165) is 6.92 Å². The molecule has 7 nitrogen and oxygen atoms in total. The normalized spacial score (nSPS) is 12.7. The van der Waals surface area contributed by atoms with Crippen molar-refractivity contribution in [3.8, 4) is 0 Å². The van der Waals surface area contributed by atoms with Gasteiger partial charge >= 0.3 is 42.2 Å². The highest BCUT2D eigenvalue weighted by molar-refractivity contribution is 5.87. The quantitative estimate of drug-likeness (QED) is 0.190. The summed E-state index contributed by atoms with van der Waals surface area (Å²) in [6, 6.07) is 0. The van der Waals surface area contributed by atoms with Gasteiger partial charge in [0.25, 0.3) is 0 Å². The summed E-state index contributed by atoms with van der Waals surface area (Å²) in [7, 11) is 0. The minimum absolute atomic E-state index is 0.0966. The molecule has 0 aliphatic carbocycles. The van der Waals surface area contributed by atoms with Gasteiger partial charge in [0, 0.05) is 11.1 Å². The fraction of sp³-hybridized carbons (Fsp3) is 0.611. The van der Waals surface area contributed by atoms with Crippen LogP contribution in [0.4, 0.5) is 39.9 Å². The van der Waals surface area contributed by atoms with Gasteiger partial charge in [-0.2, -0.15) is 26.3 Å². The molecular weight excluding hydrogens is 478 g/mol. The standard InChI is InChI=1S/C18H21F8NO6/c1-9(2)11(28)31-6-15(5,7-32-12(29)10(3)4)27-14(30)33-8-16(21,22)18(25,26)17(23,24)13(19)20/h13H,1,3,6-8H2,2,4-5H3,(H,27,30). The van der Waals surface area contributed by atoms with Crippen molar-refractivity contribution in [3.05, 3.63) is 24.3 Å². The van der Waals surface area contributed by atoms with Gasteiger partial charge in [0.1, 0.15) is 18.8 Å². The zero-order valence-corrected chi connectivity index (χ0v) is 17.6. The van der Waals surface area contributed by atoms with Crippen LogP contribution in [0.25, 0.3) is 0 Å².